The number of hydrogen-bond donors (Lipinski definition) is 2. The molecule has 0 aliphatic heterocycles. The van der Waals surface area contributed by atoms with Gasteiger partial charge in [-0.05, 0) is 31.4 Å². The largest absolute Gasteiger partial charge is 0.388 e. The Kier molecular flexibility index (Phi) is 3.59. The van der Waals surface area contributed by atoms with Crippen molar-refractivity contribution in [1.29, 1.82) is 0 Å². The zero-order valence-corrected chi connectivity index (χ0v) is 10.7. The number of rotatable bonds is 5. The standard InChI is InChI=1S/C12H17N3OS/c1-16-12(5-2-6-12)8-15-9-3-4-10(11(13)17)14-7-9/h3-4,7,15H,2,5-6,8H2,1H3,(H2,13,17). The molecule has 2 rings (SSSR count). The lowest BCUT2D eigenvalue weighted by Gasteiger charge is -2.40. The van der Waals surface area contributed by atoms with E-state index >= 15 is 0 Å². The molecule has 5 heteroatoms. The van der Waals surface area contributed by atoms with Gasteiger partial charge in [0.1, 0.15) is 4.99 Å². The molecule has 17 heavy (non-hydrogen) atoms. The highest BCUT2D eigenvalue weighted by atomic mass is 32.1. The molecule has 1 aromatic rings. The highest BCUT2D eigenvalue weighted by molar-refractivity contribution is 7.80. The molecule has 4 nitrogen and oxygen atoms in total. The van der Waals surface area contributed by atoms with Gasteiger partial charge >= 0.3 is 0 Å². The van der Waals surface area contributed by atoms with E-state index < -0.39 is 0 Å². The monoisotopic (exact) mass is 251 g/mol. The second-order valence-corrected chi connectivity index (χ2v) is 4.83. The molecule has 92 valence electrons. The van der Waals surface area contributed by atoms with E-state index in [-0.39, 0.29) is 5.60 Å². The van der Waals surface area contributed by atoms with Crippen LogP contribution >= 0.6 is 12.2 Å². The van der Waals surface area contributed by atoms with Gasteiger partial charge in [0.15, 0.2) is 0 Å². The molecule has 1 fully saturated rings. The number of nitrogens with two attached hydrogens (primary N) is 1. The van der Waals surface area contributed by atoms with E-state index in [1.165, 1.54) is 6.42 Å². The maximum Gasteiger partial charge on any atom is 0.122 e. The molecule has 1 aromatic heterocycles. The van der Waals surface area contributed by atoms with E-state index in [2.05, 4.69) is 10.3 Å². The van der Waals surface area contributed by atoms with Gasteiger partial charge in [0.2, 0.25) is 0 Å². The fourth-order valence-electron chi connectivity index (χ4n) is 1.93. The van der Waals surface area contributed by atoms with Crippen LogP contribution in [0.15, 0.2) is 18.3 Å². The van der Waals surface area contributed by atoms with E-state index in [1.807, 2.05) is 12.1 Å². The van der Waals surface area contributed by atoms with Crippen LogP contribution in [0.3, 0.4) is 0 Å². The second-order valence-electron chi connectivity index (χ2n) is 4.39. The molecule has 0 atom stereocenters. The Bertz CT molecular complexity index is 395. The molecule has 0 spiro atoms. The topological polar surface area (TPSA) is 60.2 Å². The Morgan fingerprint density at radius 3 is 2.76 bits per heavy atom. The van der Waals surface area contributed by atoms with Crippen LogP contribution in [0.4, 0.5) is 5.69 Å². The number of methoxy groups -OCH3 is 1. The fraction of sp³-hybridized carbons (Fsp3) is 0.500. The number of nitrogens with zero attached hydrogens (tertiary/aromatic N) is 1. The van der Waals surface area contributed by atoms with Crippen molar-refractivity contribution in [3.05, 3.63) is 24.0 Å². The minimum Gasteiger partial charge on any atom is -0.388 e. The van der Waals surface area contributed by atoms with Gasteiger partial charge in [-0.3, -0.25) is 4.98 Å². The second kappa shape index (κ2) is 4.98. The molecule has 1 aliphatic rings. The number of ether oxygens (including phenoxy) is 1. The van der Waals surface area contributed by atoms with Crippen LogP contribution < -0.4 is 11.1 Å². The summed E-state index contributed by atoms with van der Waals surface area (Å²) in [5.41, 5.74) is 7.12. The Morgan fingerprint density at radius 1 is 1.59 bits per heavy atom. The molecule has 1 aliphatic carbocycles. The number of pyridine rings is 1. The quantitative estimate of drug-likeness (QED) is 0.780. The summed E-state index contributed by atoms with van der Waals surface area (Å²) in [6.07, 6.45) is 5.23. The van der Waals surface area contributed by atoms with E-state index in [0.717, 1.165) is 25.1 Å². The first kappa shape index (κ1) is 12.3. The van der Waals surface area contributed by atoms with Gasteiger partial charge in [0, 0.05) is 13.7 Å². The maximum atomic E-state index is 5.53. The number of hydrogen-bond acceptors (Lipinski definition) is 4. The number of thiocarbonyl (C=S) groups is 1. The zero-order valence-electron chi connectivity index (χ0n) is 9.90. The molecule has 0 unspecified atom stereocenters. The van der Waals surface area contributed by atoms with Crippen LogP contribution in [-0.4, -0.2) is 29.2 Å². The Balaban J connectivity index is 1.93. The first-order chi connectivity index (χ1) is 8.15. The molecular formula is C12H17N3OS. The van der Waals surface area contributed by atoms with Crippen molar-refractivity contribution in [3.8, 4) is 0 Å². The van der Waals surface area contributed by atoms with Crippen LogP contribution in [0.2, 0.25) is 0 Å². The van der Waals surface area contributed by atoms with Gasteiger partial charge in [0.25, 0.3) is 0 Å². The molecule has 0 bridgehead atoms. The van der Waals surface area contributed by atoms with E-state index in [9.17, 15) is 0 Å². The Hall–Kier alpha value is -1.20. The van der Waals surface area contributed by atoms with Gasteiger partial charge < -0.3 is 15.8 Å². The van der Waals surface area contributed by atoms with Crippen molar-refractivity contribution in [3.63, 3.8) is 0 Å². The van der Waals surface area contributed by atoms with Crippen molar-refractivity contribution >= 4 is 22.9 Å². The molecule has 0 saturated heterocycles. The first-order valence-corrected chi connectivity index (χ1v) is 6.11. The van der Waals surface area contributed by atoms with Crippen LogP contribution in [0.25, 0.3) is 0 Å². The lowest BCUT2D eigenvalue weighted by molar-refractivity contribution is -0.0601. The van der Waals surface area contributed by atoms with Crippen molar-refractivity contribution in [2.75, 3.05) is 19.0 Å². The maximum absolute atomic E-state index is 5.53. The molecule has 1 saturated carbocycles. The lowest BCUT2D eigenvalue weighted by atomic mass is 9.80. The van der Waals surface area contributed by atoms with Crippen LogP contribution in [-0.2, 0) is 4.74 Å². The highest BCUT2D eigenvalue weighted by Gasteiger charge is 2.36. The van der Waals surface area contributed by atoms with Gasteiger partial charge in [-0.15, -0.1) is 0 Å². The van der Waals surface area contributed by atoms with E-state index in [4.69, 9.17) is 22.7 Å². The zero-order chi connectivity index (χ0) is 12.3. The predicted octanol–water partition coefficient (Wildman–Crippen LogP) is 1.70. The van der Waals surface area contributed by atoms with Crippen LogP contribution in [0.5, 0.6) is 0 Å². The Morgan fingerprint density at radius 2 is 2.35 bits per heavy atom. The molecule has 1 heterocycles. The third-order valence-electron chi connectivity index (χ3n) is 3.33. The van der Waals surface area contributed by atoms with E-state index in [0.29, 0.717) is 10.7 Å². The molecule has 0 amide bonds. The van der Waals surface area contributed by atoms with Gasteiger partial charge in [-0.1, -0.05) is 12.2 Å². The van der Waals surface area contributed by atoms with Crippen molar-refractivity contribution in [2.45, 2.75) is 24.9 Å². The molecule has 0 aromatic carbocycles. The highest BCUT2D eigenvalue weighted by Crippen LogP contribution is 2.34. The average molecular weight is 251 g/mol. The third kappa shape index (κ3) is 2.73. The summed E-state index contributed by atoms with van der Waals surface area (Å²) in [4.78, 5) is 4.50. The van der Waals surface area contributed by atoms with Crippen LogP contribution in [0.1, 0.15) is 25.0 Å². The minimum absolute atomic E-state index is 0.0157. The Labute approximate surface area is 107 Å². The smallest absolute Gasteiger partial charge is 0.122 e. The lowest BCUT2D eigenvalue weighted by Crippen LogP contribution is -2.45. The average Bonchev–Trinajstić information content (AvgIpc) is 2.29. The first-order valence-electron chi connectivity index (χ1n) is 5.70. The fourth-order valence-corrected chi connectivity index (χ4v) is 2.05. The summed E-state index contributed by atoms with van der Waals surface area (Å²) in [7, 11) is 1.77. The molecule has 0 radical (unpaired) electrons. The molecule has 3 N–H and O–H groups in total. The summed E-state index contributed by atoms with van der Waals surface area (Å²) >= 11 is 4.85. The van der Waals surface area contributed by atoms with Crippen molar-refractivity contribution in [2.24, 2.45) is 5.73 Å². The van der Waals surface area contributed by atoms with Gasteiger partial charge in [-0.25, -0.2) is 0 Å². The third-order valence-corrected chi connectivity index (χ3v) is 3.54. The summed E-state index contributed by atoms with van der Waals surface area (Å²) < 4.78 is 5.53. The number of nitrogens with one attached hydrogen (secondary N) is 1. The predicted molar refractivity (Wildman–Crippen MR) is 72.2 cm³/mol. The SMILES string of the molecule is COC1(CNc2ccc(C(N)=S)nc2)CCC1. The van der Waals surface area contributed by atoms with Crippen molar-refractivity contribution < 1.29 is 4.74 Å². The van der Waals surface area contributed by atoms with E-state index in [1.54, 1.807) is 13.3 Å². The number of anilines is 1. The molecular weight excluding hydrogens is 234 g/mol. The van der Waals surface area contributed by atoms with Crippen LogP contribution in [0, 0.1) is 0 Å². The normalized spacial score (nSPS) is 17.2. The minimum atomic E-state index is 0.0157. The van der Waals surface area contributed by atoms with Crippen molar-refractivity contribution in [1.82, 2.24) is 4.98 Å². The van der Waals surface area contributed by atoms with Gasteiger partial charge in [-0.2, -0.15) is 0 Å². The summed E-state index contributed by atoms with van der Waals surface area (Å²) in [6.45, 7) is 0.817. The summed E-state index contributed by atoms with van der Waals surface area (Å²) in [5.74, 6) is 0. The summed E-state index contributed by atoms with van der Waals surface area (Å²) in [5, 5.41) is 3.33. The van der Waals surface area contributed by atoms with Gasteiger partial charge in [0.05, 0.1) is 23.2 Å². The summed E-state index contributed by atoms with van der Waals surface area (Å²) in [6, 6.07) is 3.76. The number of aromatic nitrogens is 1.